The van der Waals surface area contributed by atoms with Gasteiger partial charge in [-0.15, -0.1) is 11.7 Å². The minimum atomic E-state index is -0.609. The van der Waals surface area contributed by atoms with Gasteiger partial charge in [-0.2, -0.15) is 0 Å². The standard InChI is InChI=1S/C21H19N3O2/c1-4-21-6-5-16-19(2,17(21)7-15-13(9-21)10-23-25-15)8-14-11-24-26-18(14)20(16,3)12-22/h1,7,10-11,16H,5-6,8-9H2,2-3H3/p+1/t16?,19-,20-,21-/m0/s1. The zero-order chi connectivity index (χ0) is 18.2. The van der Waals surface area contributed by atoms with E-state index in [0.717, 1.165) is 48.3 Å². The minimum absolute atomic E-state index is 0.171. The lowest BCUT2D eigenvalue weighted by molar-refractivity contribution is -0.108. The van der Waals surface area contributed by atoms with Crippen molar-refractivity contribution in [2.75, 3.05) is 0 Å². The normalized spacial score (nSPS) is 37.2. The highest BCUT2D eigenvalue weighted by atomic mass is 16.5. The molecule has 2 aromatic heterocycles. The fraction of sp³-hybridized carbons (Fsp3) is 0.476. The van der Waals surface area contributed by atoms with Crippen molar-refractivity contribution < 1.29 is 14.3 Å². The average molecular weight is 346 g/mol. The Labute approximate surface area is 152 Å². The third-order valence-corrected chi connectivity index (χ3v) is 7.11. The second-order valence-electron chi connectivity index (χ2n) is 8.37. The molecule has 0 radical (unpaired) electrons. The summed E-state index contributed by atoms with van der Waals surface area (Å²) in [5, 5.41) is 16.1. The van der Waals surface area contributed by atoms with Crippen LogP contribution in [0.5, 0.6) is 0 Å². The fourth-order valence-electron chi connectivity index (χ4n) is 5.90. The Morgan fingerprint density at radius 3 is 2.73 bits per heavy atom. The van der Waals surface area contributed by atoms with Gasteiger partial charge >= 0.3 is 0 Å². The first-order chi connectivity index (χ1) is 12.5. The van der Waals surface area contributed by atoms with E-state index in [1.165, 1.54) is 5.57 Å². The zero-order valence-electron chi connectivity index (χ0n) is 14.9. The van der Waals surface area contributed by atoms with Gasteiger partial charge in [0, 0.05) is 11.1 Å². The maximum absolute atomic E-state index is 8.06. The summed E-state index contributed by atoms with van der Waals surface area (Å²) >= 11 is 0. The predicted molar refractivity (Wildman–Crippen MR) is 92.7 cm³/mol. The topological polar surface area (TPSA) is 75.9 Å². The average Bonchev–Trinajstić information content (AvgIpc) is 3.28. The summed E-state index contributed by atoms with van der Waals surface area (Å²) < 4.78 is 11.0. The largest absolute Gasteiger partial charge is 0.359 e. The van der Waals surface area contributed by atoms with Crippen molar-refractivity contribution in [1.29, 1.82) is 0 Å². The van der Waals surface area contributed by atoms with E-state index in [1.807, 2.05) is 6.92 Å². The molecule has 1 N–H and O–H groups in total. The van der Waals surface area contributed by atoms with Gasteiger partial charge in [-0.3, -0.25) is 0 Å². The first-order valence-corrected chi connectivity index (χ1v) is 8.99. The molecule has 0 aromatic carbocycles. The lowest BCUT2D eigenvalue weighted by Gasteiger charge is -2.56. The number of aromatic nitrogens is 2. The number of hydrogen-bond donors (Lipinski definition) is 1. The fourth-order valence-corrected chi connectivity index (χ4v) is 5.90. The highest BCUT2D eigenvalue weighted by Gasteiger charge is 2.63. The Morgan fingerprint density at radius 2 is 1.96 bits per heavy atom. The molecule has 4 atom stereocenters. The molecule has 2 heterocycles. The van der Waals surface area contributed by atoms with Crippen molar-refractivity contribution in [3.05, 3.63) is 40.6 Å². The second kappa shape index (κ2) is 4.68. The Balaban J connectivity index is 1.77. The maximum atomic E-state index is 8.06. The van der Waals surface area contributed by atoms with Gasteiger partial charge in [0.2, 0.25) is 0 Å². The zero-order valence-corrected chi connectivity index (χ0v) is 14.9. The van der Waals surface area contributed by atoms with Gasteiger partial charge in [0.15, 0.2) is 16.9 Å². The number of terminal acetylenes is 1. The van der Waals surface area contributed by atoms with E-state index in [9.17, 15) is 0 Å². The molecule has 1 fully saturated rings. The van der Waals surface area contributed by atoms with Gasteiger partial charge in [0.25, 0.3) is 6.07 Å². The molecule has 5 heteroatoms. The lowest BCUT2D eigenvalue weighted by Crippen LogP contribution is -2.56. The van der Waals surface area contributed by atoms with Gasteiger partial charge in [0.05, 0.1) is 17.8 Å². The number of hydrogen-bond acceptors (Lipinski definition) is 4. The predicted octanol–water partition coefficient (Wildman–Crippen LogP) is 1.92. The summed E-state index contributed by atoms with van der Waals surface area (Å²) in [7, 11) is 0. The summed E-state index contributed by atoms with van der Waals surface area (Å²) in [5.74, 6) is 4.89. The number of nitrogens with one attached hydrogen (secondary N) is 1. The van der Waals surface area contributed by atoms with Crippen LogP contribution in [0.3, 0.4) is 0 Å². The number of nitrogens with zero attached hydrogens (tertiary/aromatic N) is 2. The molecule has 0 saturated heterocycles. The van der Waals surface area contributed by atoms with Crippen LogP contribution in [0.1, 0.15) is 49.3 Å². The van der Waals surface area contributed by atoms with Gasteiger partial charge in [-0.05, 0) is 55.6 Å². The summed E-state index contributed by atoms with van der Waals surface area (Å²) in [6.07, 6.45) is 15.1. The Kier molecular flexibility index (Phi) is 2.78. The smallest absolute Gasteiger partial charge is 0.285 e. The molecule has 1 unspecified atom stereocenters. The van der Waals surface area contributed by atoms with Gasteiger partial charge in [-0.1, -0.05) is 23.2 Å². The van der Waals surface area contributed by atoms with E-state index >= 15 is 0 Å². The van der Waals surface area contributed by atoms with E-state index in [4.69, 9.17) is 20.7 Å². The number of fused-ring (bicyclic) bond motifs is 5. The Morgan fingerprint density at radius 1 is 1.19 bits per heavy atom. The van der Waals surface area contributed by atoms with E-state index < -0.39 is 5.41 Å². The van der Waals surface area contributed by atoms with Crippen LogP contribution in [-0.2, 0) is 18.3 Å². The van der Waals surface area contributed by atoms with E-state index in [0.29, 0.717) is 0 Å². The first-order valence-electron chi connectivity index (χ1n) is 8.99. The molecule has 3 aliphatic carbocycles. The van der Waals surface area contributed by atoms with Crippen molar-refractivity contribution in [3.8, 4) is 18.4 Å². The number of rotatable bonds is 0. The molecule has 3 aliphatic rings. The summed E-state index contributed by atoms with van der Waals surface area (Å²) in [6, 6.07) is 2.79. The SMILES string of the molecule is C#C[C@@]12CCC3[C@](C)(Cc4cnoc4[C@@]3(C)C#[NH+])C1=Cc1oncc1C2. The van der Waals surface area contributed by atoms with Crippen LogP contribution in [0, 0.1) is 35.2 Å². The molecular formula is C21H20N3O2+. The summed E-state index contributed by atoms with van der Waals surface area (Å²) in [6.45, 7) is 4.31. The molecule has 26 heavy (non-hydrogen) atoms. The molecule has 130 valence electrons. The highest BCUT2D eigenvalue weighted by Crippen LogP contribution is 2.64. The van der Waals surface area contributed by atoms with E-state index in [2.05, 4.69) is 35.3 Å². The minimum Gasteiger partial charge on any atom is -0.359 e. The highest BCUT2D eigenvalue weighted by molar-refractivity contribution is 5.63. The van der Waals surface area contributed by atoms with Crippen LogP contribution < -0.4 is 5.26 Å². The molecule has 5 nitrogen and oxygen atoms in total. The molecule has 0 spiro atoms. The van der Waals surface area contributed by atoms with Crippen molar-refractivity contribution in [2.45, 2.75) is 44.9 Å². The molecule has 0 aliphatic heterocycles. The molecular weight excluding hydrogens is 326 g/mol. The summed E-state index contributed by atoms with van der Waals surface area (Å²) in [4.78, 5) is 0. The van der Waals surface area contributed by atoms with Gasteiger partial charge < -0.3 is 9.05 Å². The van der Waals surface area contributed by atoms with Crippen molar-refractivity contribution in [1.82, 2.24) is 10.3 Å². The van der Waals surface area contributed by atoms with Crippen LogP contribution in [-0.4, -0.2) is 10.3 Å². The lowest BCUT2D eigenvalue weighted by atomic mass is 9.44. The van der Waals surface area contributed by atoms with Crippen molar-refractivity contribution in [3.63, 3.8) is 0 Å². The number of allylic oxidation sites excluding steroid dienone is 1. The van der Waals surface area contributed by atoms with Crippen LogP contribution in [0.25, 0.3) is 6.08 Å². The first kappa shape index (κ1) is 15.5. The molecule has 0 bridgehead atoms. The van der Waals surface area contributed by atoms with E-state index in [1.54, 1.807) is 12.4 Å². The molecule has 1 saturated carbocycles. The van der Waals surface area contributed by atoms with Crippen molar-refractivity contribution >= 4 is 6.08 Å². The molecule has 5 rings (SSSR count). The van der Waals surface area contributed by atoms with Crippen molar-refractivity contribution in [2.24, 2.45) is 16.7 Å². The Hall–Kier alpha value is -2.79. The quantitative estimate of drug-likeness (QED) is 0.740. The van der Waals surface area contributed by atoms with Gasteiger partial charge in [-0.25, -0.2) is 0 Å². The van der Waals surface area contributed by atoms with Crippen LogP contribution >= 0.6 is 0 Å². The second-order valence-corrected chi connectivity index (χ2v) is 8.37. The van der Waals surface area contributed by atoms with Gasteiger partial charge in [0.1, 0.15) is 0 Å². The maximum Gasteiger partial charge on any atom is 0.285 e. The third-order valence-electron chi connectivity index (χ3n) is 7.11. The Bertz CT molecular complexity index is 1030. The monoisotopic (exact) mass is 346 g/mol. The molecule has 0 amide bonds. The van der Waals surface area contributed by atoms with Crippen LogP contribution in [0.15, 0.2) is 27.0 Å². The molecule has 2 aromatic rings. The third kappa shape index (κ3) is 1.62. The van der Waals surface area contributed by atoms with E-state index in [-0.39, 0.29) is 16.7 Å². The van der Waals surface area contributed by atoms with Crippen LogP contribution in [0.2, 0.25) is 0 Å². The summed E-state index contributed by atoms with van der Waals surface area (Å²) in [5.41, 5.74) is 2.21. The van der Waals surface area contributed by atoms with Crippen LogP contribution in [0.4, 0.5) is 0 Å².